The van der Waals surface area contributed by atoms with Crippen molar-refractivity contribution in [1.82, 2.24) is 0 Å². The first-order chi connectivity index (χ1) is 20.5. The summed E-state index contributed by atoms with van der Waals surface area (Å²) >= 11 is 0. The summed E-state index contributed by atoms with van der Waals surface area (Å²) in [7, 11) is 0. The zero-order chi connectivity index (χ0) is 29.1. The van der Waals surface area contributed by atoms with Gasteiger partial charge in [-0.1, -0.05) is 134 Å². The van der Waals surface area contributed by atoms with E-state index in [9.17, 15) is 0 Å². The van der Waals surface area contributed by atoms with Gasteiger partial charge in [0.15, 0.2) is 0 Å². The molecule has 0 saturated carbocycles. The molecular weight excluding hydrogens is 504 g/mol. The Morgan fingerprint density at radius 1 is 0.595 bits per heavy atom. The average molecular weight is 543 g/mol. The van der Waals surface area contributed by atoms with Crippen molar-refractivity contribution >= 4 is 11.6 Å². The van der Waals surface area contributed by atoms with Crippen LogP contribution in [0.2, 0.25) is 0 Å². The largest absolute Gasteiger partial charge is 0.0984 e. The van der Waals surface area contributed by atoms with Crippen molar-refractivity contribution in [3.05, 3.63) is 167 Å². The quantitative estimate of drug-likeness (QED) is 0.192. The summed E-state index contributed by atoms with van der Waals surface area (Å²) < 4.78 is 0. The molecule has 1 aliphatic rings. The Labute approximate surface area is 251 Å². The van der Waals surface area contributed by atoms with Crippen LogP contribution >= 0.6 is 0 Å². The fourth-order valence-corrected chi connectivity index (χ4v) is 6.28. The minimum absolute atomic E-state index is 0.905. The van der Waals surface area contributed by atoms with Crippen LogP contribution in [0.25, 0.3) is 45.0 Å². The predicted octanol–water partition coefficient (Wildman–Crippen LogP) is 11.7. The Bertz CT molecular complexity index is 1840. The first-order valence-electron chi connectivity index (χ1n) is 15.0. The lowest BCUT2D eigenvalue weighted by atomic mass is 9.89. The number of rotatable bonds is 7. The first kappa shape index (κ1) is 27.5. The van der Waals surface area contributed by atoms with E-state index >= 15 is 0 Å². The second-order valence-electron chi connectivity index (χ2n) is 11.6. The maximum absolute atomic E-state index is 4.00. The van der Waals surface area contributed by atoms with Gasteiger partial charge in [0.1, 0.15) is 0 Å². The standard InChI is InChI=1S/C42H38/c1-5-34-14-7-9-19-42(34)41-22-20-33(24-30(41)3)26-32-13-10-15-35(27-32)36-16-11-17-37(28-36)38-21-23-40(31(4)25-38)39-18-8-6-12-29(39)2/h5,7-11,13-25,27-28H,1,6,12,26H2,2-4H3. The topological polar surface area (TPSA) is 0 Å². The van der Waals surface area contributed by atoms with Crippen LogP contribution in [0.1, 0.15) is 53.1 Å². The first-order valence-corrected chi connectivity index (χ1v) is 15.0. The molecule has 5 aromatic rings. The molecule has 206 valence electrons. The van der Waals surface area contributed by atoms with E-state index in [-0.39, 0.29) is 0 Å². The lowest BCUT2D eigenvalue weighted by molar-refractivity contribution is 0.967. The van der Waals surface area contributed by atoms with Crippen molar-refractivity contribution in [2.75, 3.05) is 0 Å². The van der Waals surface area contributed by atoms with E-state index in [2.05, 4.69) is 149 Å². The Morgan fingerprint density at radius 2 is 1.26 bits per heavy atom. The fraction of sp³-hybridized carbons (Fsp3) is 0.143. The van der Waals surface area contributed by atoms with Crippen LogP contribution in [0.5, 0.6) is 0 Å². The van der Waals surface area contributed by atoms with Gasteiger partial charge in [-0.25, -0.2) is 0 Å². The van der Waals surface area contributed by atoms with E-state index in [0.717, 1.165) is 19.3 Å². The van der Waals surface area contributed by atoms with E-state index in [4.69, 9.17) is 0 Å². The highest BCUT2D eigenvalue weighted by atomic mass is 14.2. The van der Waals surface area contributed by atoms with Crippen LogP contribution in [0.15, 0.2) is 133 Å². The van der Waals surface area contributed by atoms with Crippen LogP contribution in [0.3, 0.4) is 0 Å². The van der Waals surface area contributed by atoms with Gasteiger partial charge in [0.2, 0.25) is 0 Å². The van der Waals surface area contributed by atoms with Crippen LogP contribution < -0.4 is 0 Å². The lowest BCUT2D eigenvalue weighted by Gasteiger charge is -2.16. The fourth-order valence-electron chi connectivity index (χ4n) is 6.28. The van der Waals surface area contributed by atoms with Crippen LogP contribution in [-0.4, -0.2) is 0 Å². The molecule has 0 heteroatoms. The molecule has 0 bridgehead atoms. The molecule has 0 fully saturated rings. The molecule has 42 heavy (non-hydrogen) atoms. The molecule has 0 radical (unpaired) electrons. The molecular formula is C42H38. The third-order valence-electron chi connectivity index (χ3n) is 8.57. The van der Waals surface area contributed by atoms with Crippen molar-refractivity contribution < 1.29 is 0 Å². The summed E-state index contributed by atoms with van der Waals surface area (Å²) in [4.78, 5) is 0. The van der Waals surface area contributed by atoms with Crippen molar-refractivity contribution in [3.63, 3.8) is 0 Å². The van der Waals surface area contributed by atoms with Crippen LogP contribution in [-0.2, 0) is 6.42 Å². The zero-order valence-electron chi connectivity index (χ0n) is 25.0. The molecule has 0 aliphatic heterocycles. The molecule has 6 rings (SSSR count). The molecule has 0 aromatic heterocycles. The van der Waals surface area contributed by atoms with Crippen molar-refractivity contribution in [1.29, 1.82) is 0 Å². The molecule has 0 nitrogen and oxygen atoms in total. The van der Waals surface area contributed by atoms with E-state index in [0.29, 0.717) is 0 Å². The van der Waals surface area contributed by atoms with E-state index in [1.54, 1.807) is 0 Å². The van der Waals surface area contributed by atoms with E-state index < -0.39 is 0 Å². The summed E-state index contributed by atoms with van der Waals surface area (Å²) in [5.74, 6) is 0. The summed E-state index contributed by atoms with van der Waals surface area (Å²) in [6, 6.07) is 40.2. The van der Waals surface area contributed by atoms with Crippen molar-refractivity contribution in [3.8, 4) is 33.4 Å². The van der Waals surface area contributed by atoms with Gasteiger partial charge in [-0.2, -0.15) is 0 Å². The number of allylic oxidation sites excluding steroid dienone is 4. The van der Waals surface area contributed by atoms with Gasteiger partial charge in [-0.15, -0.1) is 0 Å². The second-order valence-corrected chi connectivity index (χ2v) is 11.6. The SMILES string of the molecule is C=Cc1ccccc1-c1ccc(Cc2cccc(-c3cccc(-c4ccc(C5=C(C)CCC=C5)c(C)c4)c3)c2)cc1C. The molecule has 1 aliphatic carbocycles. The maximum atomic E-state index is 4.00. The summed E-state index contributed by atoms with van der Waals surface area (Å²) in [5, 5.41) is 0. The summed E-state index contributed by atoms with van der Waals surface area (Å²) in [6.07, 6.45) is 9.75. The molecule has 5 aromatic carbocycles. The Hall–Kier alpha value is -4.68. The highest BCUT2D eigenvalue weighted by Gasteiger charge is 2.12. The van der Waals surface area contributed by atoms with Crippen molar-refractivity contribution in [2.24, 2.45) is 0 Å². The number of aryl methyl sites for hydroxylation is 2. The minimum Gasteiger partial charge on any atom is -0.0984 e. The zero-order valence-corrected chi connectivity index (χ0v) is 25.0. The molecule has 0 saturated heterocycles. The monoisotopic (exact) mass is 542 g/mol. The normalized spacial score (nSPS) is 12.9. The van der Waals surface area contributed by atoms with Gasteiger partial charge in [0.25, 0.3) is 0 Å². The Morgan fingerprint density at radius 3 is 2.00 bits per heavy atom. The number of hydrogen-bond donors (Lipinski definition) is 0. The number of hydrogen-bond acceptors (Lipinski definition) is 0. The van der Waals surface area contributed by atoms with Crippen molar-refractivity contribution in [2.45, 2.75) is 40.0 Å². The average Bonchev–Trinajstić information content (AvgIpc) is 3.02. The van der Waals surface area contributed by atoms with Gasteiger partial charge < -0.3 is 0 Å². The number of benzene rings is 5. The molecule has 0 N–H and O–H groups in total. The second kappa shape index (κ2) is 12.0. The highest BCUT2D eigenvalue weighted by molar-refractivity contribution is 5.82. The lowest BCUT2D eigenvalue weighted by Crippen LogP contribution is -1.95. The van der Waals surface area contributed by atoms with Gasteiger partial charge in [-0.3, -0.25) is 0 Å². The Balaban J connectivity index is 1.24. The van der Waals surface area contributed by atoms with Crippen LogP contribution in [0, 0.1) is 13.8 Å². The predicted molar refractivity (Wildman–Crippen MR) is 183 cm³/mol. The minimum atomic E-state index is 0.905. The molecule has 0 atom stereocenters. The van der Waals surface area contributed by atoms with Gasteiger partial charge >= 0.3 is 0 Å². The summed E-state index contributed by atoms with van der Waals surface area (Å²) in [6.45, 7) is 10.7. The third kappa shape index (κ3) is 5.71. The smallest absolute Gasteiger partial charge is 0.00254 e. The van der Waals surface area contributed by atoms with Crippen LogP contribution in [0.4, 0.5) is 0 Å². The van der Waals surface area contributed by atoms with Gasteiger partial charge in [-0.05, 0) is 118 Å². The van der Waals surface area contributed by atoms with Gasteiger partial charge in [0, 0.05) is 0 Å². The van der Waals surface area contributed by atoms with E-state index in [1.807, 2.05) is 6.08 Å². The molecule has 0 unspecified atom stereocenters. The maximum Gasteiger partial charge on any atom is -0.00254 e. The van der Waals surface area contributed by atoms with E-state index in [1.165, 1.54) is 77.9 Å². The molecule has 0 heterocycles. The molecule has 0 spiro atoms. The molecule has 0 amide bonds. The third-order valence-corrected chi connectivity index (χ3v) is 8.57. The van der Waals surface area contributed by atoms with Gasteiger partial charge in [0.05, 0.1) is 0 Å². The highest BCUT2D eigenvalue weighted by Crippen LogP contribution is 2.34. The Kier molecular flexibility index (Phi) is 7.89. The summed E-state index contributed by atoms with van der Waals surface area (Å²) in [5.41, 5.74) is 18.2.